The number of nitrogens with zero attached hydrogens (tertiary/aromatic N) is 2. The van der Waals surface area contributed by atoms with Gasteiger partial charge in [0.15, 0.2) is 0 Å². The average Bonchev–Trinajstić information content (AvgIpc) is 2.28. The zero-order valence-corrected chi connectivity index (χ0v) is 10.1. The predicted molar refractivity (Wildman–Crippen MR) is 66.8 cm³/mol. The Kier molecular flexibility index (Phi) is 6.27. The van der Waals surface area contributed by atoms with Crippen LogP contribution in [0, 0.1) is 0 Å². The van der Waals surface area contributed by atoms with E-state index in [1.54, 1.807) is 6.07 Å². The summed E-state index contributed by atoms with van der Waals surface area (Å²) in [6.07, 6.45) is 1.81. The summed E-state index contributed by atoms with van der Waals surface area (Å²) in [5.74, 6) is 1.95. The molecule has 0 amide bonds. The highest BCUT2D eigenvalue weighted by atomic mass is 16.5. The lowest BCUT2D eigenvalue weighted by atomic mass is 10.3. The van der Waals surface area contributed by atoms with E-state index in [2.05, 4.69) is 22.2 Å². The van der Waals surface area contributed by atoms with Crippen LogP contribution in [0.5, 0.6) is 0 Å². The van der Waals surface area contributed by atoms with E-state index in [0.29, 0.717) is 31.4 Å². The lowest BCUT2D eigenvalue weighted by Crippen LogP contribution is -2.13. The van der Waals surface area contributed by atoms with E-state index in [1.165, 1.54) is 0 Å². The van der Waals surface area contributed by atoms with Crippen molar-refractivity contribution in [2.45, 2.75) is 19.8 Å². The Labute approximate surface area is 101 Å². The highest BCUT2D eigenvalue weighted by Gasteiger charge is 2.01. The van der Waals surface area contributed by atoms with Crippen molar-refractivity contribution >= 4 is 11.6 Å². The minimum Gasteiger partial charge on any atom is -0.394 e. The Bertz CT molecular complexity index is 333. The number of aromatic nitrogens is 2. The summed E-state index contributed by atoms with van der Waals surface area (Å²) in [7, 11) is 0. The molecule has 6 nitrogen and oxygen atoms in total. The molecule has 0 saturated carbocycles. The van der Waals surface area contributed by atoms with Crippen LogP contribution >= 0.6 is 0 Å². The monoisotopic (exact) mass is 240 g/mol. The van der Waals surface area contributed by atoms with Crippen LogP contribution in [-0.2, 0) is 11.2 Å². The second-order valence-electron chi connectivity index (χ2n) is 3.61. The molecule has 0 bridgehead atoms. The maximum absolute atomic E-state index is 8.53. The van der Waals surface area contributed by atoms with Gasteiger partial charge in [0.1, 0.15) is 17.5 Å². The molecule has 1 aromatic rings. The molecule has 0 radical (unpaired) electrons. The SMILES string of the molecule is CCCc1nc(N)cc(NCCOCCO)n1. The minimum absolute atomic E-state index is 0.0428. The van der Waals surface area contributed by atoms with Gasteiger partial charge in [0.25, 0.3) is 0 Å². The van der Waals surface area contributed by atoms with Crippen LogP contribution in [0.2, 0.25) is 0 Å². The van der Waals surface area contributed by atoms with Crippen molar-refractivity contribution in [1.82, 2.24) is 9.97 Å². The Morgan fingerprint density at radius 3 is 2.94 bits per heavy atom. The van der Waals surface area contributed by atoms with Gasteiger partial charge in [-0.15, -0.1) is 0 Å². The van der Waals surface area contributed by atoms with Gasteiger partial charge in [0.2, 0.25) is 0 Å². The predicted octanol–water partition coefficient (Wildman–Crippen LogP) is 0.432. The molecule has 0 saturated heterocycles. The topological polar surface area (TPSA) is 93.3 Å². The van der Waals surface area contributed by atoms with Crippen molar-refractivity contribution in [3.05, 3.63) is 11.9 Å². The molecule has 17 heavy (non-hydrogen) atoms. The summed E-state index contributed by atoms with van der Waals surface area (Å²) in [4.78, 5) is 8.48. The van der Waals surface area contributed by atoms with Gasteiger partial charge < -0.3 is 20.9 Å². The maximum atomic E-state index is 8.53. The summed E-state index contributed by atoms with van der Waals surface area (Å²) in [5.41, 5.74) is 5.69. The van der Waals surface area contributed by atoms with Gasteiger partial charge in [0.05, 0.1) is 19.8 Å². The van der Waals surface area contributed by atoms with Gasteiger partial charge in [-0.05, 0) is 6.42 Å². The number of rotatable bonds is 8. The van der Waals surface area contributed by atoms with Crippen LogP contribution < -0.4 is 11.1 Å². The molecule has 4 N–H and O–H groups in total. The van der Waals surface area contributed by atoms with Gasteiger partial charge >= 0.3 is 0 Å². The molecule has 0 aromatic carbocycles. The van der Waals surface area contributed by atoms with Crippen LogP contribution in [-0.4, -0.2) is 41.4 Å². The van der Waals surface area contributed by atoms with Crippen molar-refractivity contribution in [3.63, 3.8) is 0 Å². The number of nitrogens with two attached hydrogens (primary N) is 1. The molecular formula is C11H20N4O2. The largest absolute Gasteiger partial charge is 0.394 e. The molecule has 0 unspecified atom stereocenters. The van der Waals surface area contributed by atoms with Gasteiger partial charge in [-0.3, -0.25) is 0 Å². The lowest BCUT2D eigenvalue weighted by Gasteiger charge is -2.08. The number of aryl methyl sites for hydroxylation is 1. The van der Waals surface area contributed by atoms with E-state index in [-0.39, 0.29) is 6.61 Å². The molecule has 0 aliphatic rings. The molecule has 0 spiro atoms. The molecule has 0 fully saturated rings. The zero-order valence-electron chi connectivity index (χ0n) is 10.1. The summed E-state index contributed by atoms with van der Waals surface area (Å²) in [6, 6.07) is 1.70. The van der Waals surface area contributed by atoms with Gasteiger partial charge in [0, 0.05) is 19.0 Å². The Morgan fingerprint density at radius 2 is 2.24 bits per heavy atom. The molecule has 1 aromatic heterocycles. The number of ether oxygens (including phenoxy) is 1. The van der Waals surface area contributed by atoms with Crippen LogP contribution in [0.3, 0.4) is 0 Å². The lowest BCUT2D eigenvalue weighted by molar-refractivity contribution is 0.0992. The number of nitrogens with one attached hydrogen (secondary N) is 1. The molecule has 96 valence electrons. The number of anilines is 2. The first-order valence-electron chi connectivity index (χ1n) is 5.82. The molecule has 0 aliphatic carbocycles. The smallest absolute Gasteiger partial charge is 0.133 e. The second kappa shape index (κ2) is 7.81. The molecule has 1 heterocycles. The second-order valence-corrected chi connectivity index (χ2v) is 3.61. The van der Waals surface area contributed by atoms with Crippen molar-refractivity contribution in [1.29, 1.82) is 0 Å². The van der Waals surface area contributed by atoms with Crippen molar-refractivity contribution in [2.24, 2.45) is 0 Å². The van der Waals surface area contributed by atoms with Crippen LogP contribution in [0.4, 0.5) is 11.6 Å². The van der Waals surface area contributed by atoms with E-state index in [0.717, 1.165) is 18.7 Å². The fraction of sp³-hybridized carbons (Fsp3) is 0.636. The van der Waals surface area contributed by atoms with E-state index in [1.807, 2.05) is 0 Å². The molecule has 0 atom stereocenters. The van der Waals surface area contributed by atoms with Crippen LogP contribution in [0.15, 0.2) is 6.07 Å². The normalized spacial score (nSPS) is 10.5. The summed E-state index contributed by atoms with van der Waals surface area (Å²) in [6.45, 7) is 3.62. The van der Waals surface area contributed by atoms with Gasteiger partial charge in [-0.2, -0.15) is 0 Å². The Balaban J connectivity index is 2.41. The Hall–Kier alpha value is -1.40. The molecule has 6 heteroatoms. The quantitative estimate of drug-likeness (QED) is 0.571. The van der Waals surface area contributed by atoms with E-state index in [4.69, 9.17) is 15.6 Å². The van der Waals surface area contributed by atoms with Crippen LogP contribution in [0.25, 0.3) is 0 Å². The van der Waals surface area contributed by atoms with Gasteiger partial charge in [-0.1, -0.05) is 6.92 Å². The zero-order chi connectivity index (χ0) is 12.5. The first-order valence-corrected chi connectivity index (χ1v) is 5.82. The van der Waals surface area contributed by atoms with Crippen LogP contribution in [0.1, 0.15) is 19.2 Å². The third-order valence-corrected chi connectivity index (χ3v) is 2.05. The average molecular weight is 240 g/mol. The third-order valence-electron chi connectivity index (χ3n) is 2.05. The summed E-state index contributed by atoms with van der Waals surface area (Å²) < 4.78 is 5.13. The highest BCUT2D eigenvalue weighted by Crippen LogP contribution is 2.09. The molecule has 0 aliphatic heterocycles. The number of aliphatic hydroxyl groups is 1. The molecule has 1 rings (SSSR count). The Morgan fingerprint density at radius 1 is 1.41 bits per heavy atom. The molecular weight excluding hydrogens is 220 g/mol. The standard InChI is InChI=1S/C11H20N4O2/c1-2-3-10-14-9(12)8-11(15-10)13-4-6-17-7-5-16/h8,16H,2-7H2,1H3,(H3,12,13,14,15). The van der Waals surface area contributed by atoms with Gasteiger partial charge in [-0.25, -0.2) is 9.97 Å². The maximum Gasteiger partial charge on any atom is 0.133 e. The fourth-order valence-corrected chi connectivity index (χ4v) is 1.36. The van der Waals surface area contributed by atoms with Crippen molar-refractivity contribution in [2.75, 3.05) is 37.4 Å². The number of aliphatic hydroxyl groups excluding tert-OH is 1. The number of hydrogen-bond acceptors (Lipinski definition) is 6. The van der Waals surface area contributed by atoms with E-state index < -0.39 is 0 Å². The first kappa shape index (κ1) is 13.7. The van der Waals surface area contributed by atoms with Crippen molar-refractivity contribution in [3.8, 4) is 0 Å². The van der Waals surface area contributed by atoms with E-state index in [9.17, 15) is 0 Å². The van der Waals surface area contributed by atoms with E-state index >= 15 is 0 Å². The number of hydrogen-bond donors (Lipinski definition) is 3. The summed E-state index contributed by atoms with van der Waals surface area (Å²) >= 11 is 0. The summed E-state index contributed by atoms with van der Waals surface area (Å²) in [5, 5.41) is 11.6. The third kappa shape index (κ3) is 5.46. The first-order chi connectivity index (χ1) is 8.26. The van der Waals surface area contributed by atoms with Crippen molar-refractivity contribution < 1.29 is 9.84 Å². The highest BCUT2D eigenvalue weighted by molar-refractivity contribution is 5.44. The fourth-order valence-electron chi connectivity index (χ4n) is 1.36. The number of nitrogen functional groups attached to an aromatic ring is 1. The minimum atomic E-state index is 0.0428.